The molecule has 6 aliphatic rings. The first kappa shape index (κ1) is 101. The van der Waals surface area contributed by atoms with Crippen molar-refractivity contribution in [2.24, 2.45) is 4.99 Å². The lowest BCUT2D eigenvalue weighted by molar-refractivity contribution is 0.0313. The molecule has 758 valence electrons. The van der Waals surface area contributed by atoms with Crippen LogP contribution in [0, 0.1) is 17.1 Å². The number of carbonyl (C=O) groups is 5. The van der Waals surface area contributed by atoms with E-state index in [1.165, 1.54) is 24.3 Å². The Morgan fingerprint density at radius 1 is 0.438 bits per heavy atom. The van der Waals surface area contributed by atoms with E-state index in [2.05, 4.69) is 60.2 Å². The first-order valence-electron chi connectivity index (χ1n) is 48.2. The lowest BCUT2D eigenvalue weighted by atomic mass is 9.83. The van der Waals surface area contributed by atoms with Crippen molar-refractivity contribution in [3.05, 3.63) is 280 Å². The molecule has 0 bridgehead atoms. The molecule has 0 spiro atoms. The van der Waals surface area contributed by atoms with Gasteiger partial charge in [-0.05, 0) is 253 Å². The summed E-state index contributed by atoms with van der Waals surface area (Å²) in [7, 11) is 1.58. The van der Waals surface area contributed by atoms with Crippen LogP contribution >= 0.6 is 11.6 Å². The Morgan fingerprint density at radius 2 is 0.829 bits per heavy atom. The summed E-state index contributed by atoms with van der Waals surface area (Å²) in [6.07, 6.45) is 14.3. The number of fused-ring (bicyclic) bond motifs is 8. The van der Waals surface area contributed by atoms with Crippen LogP contribution in [0.15, 0.2) is 241 Å². The molecule has 9 N–H and O–H groups in total. The number of aryl methyl sites for hydroxylation is 3. The van der Waals surface area contributed by atoms with Gasteiger partial charge in [-0.1, -0.05) is 11.6 Å². The third-order valence-electron chi connectivity index (χ3n) is 27.1. The van der Waals surface area contributed by atoms with Crippen molar-refractivity contribution in [1.82, 2.24) is 34.6 Å². The summed E-state index contributed by atoms with van der Waals surface area (Å²) in [4.78, 5) is 136. The molecular weight excluding hydrogens is 1910 g/mol. The monoisotopic (exact) mass is 2010 g/mol. The second-order valence-corrected chi connectivity index (χ2v) is 36.7. The minimum Gasteiger partial charge on any atom is -0.497 e. The first-order chi connectivity index (χ1) is 70.6. The van der Waals surface area contributed by atoms with E-state index in [9.17, 15) is 53.0 Å². The maximum atomic E-state index is 13.9. The van der Waals surface area contributed by atoms with Gasteiger partial charge in [0.1, 0.15) is 51.1 Å². The Balaban J connectivity index is 0.000000162. The van der Waals surface area contributed by atoms with Crippen molar-refractivity contribution < 1.29 is 100 Å². The molecule has 1 aliphatic carbocycles. The van der Waals surface area contributed by atoms with Gasteiger partial charge in [-0.15, -0.1) is 0 Å². The van der Waals surface area contributed by atoms with Crippen molar-refractivity contribution in [2.75, 3.05) is 158 Å². The normalized spacial score (nSPS) is 16.1. The van der Waals surface area contributed by atoms with Crippen molar-refractivity contribution in [1.29, 1.82) is 5.26 Å². The summed E-state index contributed by atoms with van der Waals surface area (Å²) in [5, 5.41) is 67.0. The number of methoxy groups -OCH3 is 1. The number of rotatable bonds is 30. The molecule has 5 aliphatic heterocycles. The lowest BCUT2D eigenvalue weighted by Gasteiger charge is -2.36. The average Bonchev–Trinajstić information content (AvgIpc) is 1.58. The van der Waals surface area contributed by atoms with Crippen LogP contribution in [0.1, 0.15) is 85.7 Å². The van der Waals surface area contributed by atoms with Gasteiger partial charge in [0.15, 0.2) is 5.60 Å². The molecular formula is C107H107ClFN13O24. The third kappa shape index (κ3) is 24.8. The molecule has 4 saturated heterocycles. The number of hydrogen-bond acceptors (Lipinski definition) is 28. The molecule has 0 radical (unpaired) electrons. The number of aromatic nitrogens is 3. The predicted octanol–water partition coefficient (Wildman–Crippen LogP) is 18.1. The number of nitriles is 1. The van der Waals surface area contributed by atoms with E-state index in [1.807, 2.05) is 67.1 Å². The SMILES string of the molecule is COc1ccc2c(N3CCN(CCCCC4=CN=C5C=CC(OC(=O)O)(c6[nH]c7ccc(OC(=O)O)cc7c6CCCCN6CCN(c7cc(=O)oc8cc(F)ccc78)CC6)C=C45)CC3)cc(=O)oc2c1.N#Cc1ccc2c(N3CCN(CCCCc4c[nH]c5ccc(OC(=O)O)cc45)CC3)cc(=O)oc2c1.O=C(O)O.O=C(O)Oc1ccc2[nH]cc(CCCCN3CCN(c4cc(=O)oc5cc(Cl)ccc45)CC3)c2c1. The Bertz CT molecular complexity index is 7670. The van der Waals surface area contributed by atoms with Crippen molar-refractivity contribution in [2.45, 2.75) is 82.7 Å². The number of aromatic amines is 3. The quantitative estimate of drug-likeness (QED) is 0.00873. The number of aliphatic imine (C=N–C) groups is 1. The number of piperazine rings is 4. The van der Waals surface area contributed by atoms with E-state index in [0.29, 0.717) is 98.9 Å². The molecule has 20 rings (SSSR count). The molecule has 146 heavy (non-hydrogen) atoms. The highest BCUT2D eigenvalue weighted by atomic mass is 35.5. The molecule has 7 aromatic carbocycles. The van der Waals surface area contributed by atoms with Crippen molar-refractivity contribution in [3.63, 3.8) is 0 Å². The van der Waals surface area contributed by atoms with Crippen molar-refractivity contribution in [3.8, 4) is 29.1 Å². The van der Waals surface area contributed by atoms with Crippen LogP contribution in [-0.2, 0) is 29.6 Å². The Kier molecular flexibility index (Phi) is 31.9. The minimum atomic E-state index is -1.83. The maximum Gasteiger partial charge on any atom is 0.511 e. The topological polar surface area (TPSA) is 483 Å². The number of nitrogens with one attached hydrogen (secondary N) is 3. The second kappa shape index (κ2) is 46.0. The maximum absolute atomic E-state index is 13.9. The van der Waals surface area contributed by atoms with Gasteiger partial charge in [0.05, 0.1) is 52.9 Å². The summed E-state index contributed by atoms with van der Waals surface area (Å²) in [6.45, 7) is 16.7. The second-order valence-electron chi connectivity index (χ2n) is 36.2. The number of unbranched alkanes of at least 4 members (excludes halogenated alkanes) is 4. The van der Waals surface area contributed by atoms with Gasteiger partial charge in [-0.3, -0.25) is 24.6 Å². The van der Waals surface area contributed by atoms with Crippen molar-refractivity contribution >= 4 is 147 Å². The van der Waals surface area contributed by atoms with Gasteiger partial charge in [0.2, 0.25) is 0 Å². The van der Waals surface area contributed by atoms with Crippen LogP contribution in [-0.4, -0.2) is 240 Å². The van der Waals surface area contributed by atoms with E-state index in [4.69, 9.17) is 88.4 Å². The molecule has 7 aromatic heterocycles. The number of allylic oxidation sites excluding steroid dienone is 3. The van der Waals surface area contributed by atoms with E-state index < -0.39 is 59.1 Å². The number of halogens is 2. The third-order valence-corrected chi connectivity index (χ3v) is 27.3. The van der Waals surface area contributed by atoms with E-state index in [-0.39, 0.29) is 17.0 Å². The summed E-state index contributed by atoms with van der Waals surface area (Å²) in [6, 6.07) is 44.0. The van der Waals surface area contributed by atoms with Gasteiger partial charge < -0.3 is 107 Å². The zero-order valence-corrected chi connectivity index (χ0v) is 80.5. The summed E-state index contributed by atoms with van der Waals surface area (Å²) in [5.41, 5.74) is 10.9. The lowest BCUT2D eigenvalue weighted by Crippen LogP contribution is -2.46. The minimum absolute atomic E-state index is 0.132. The summed E-state index contributed by atoms with van der Waals surface area (Å²) in [5.74, 6) is 0.934. The fourth-order valence-corrected chi connectivity index (χ4v) is 20.2. The predicted molar refractivity (Wildman–Crippen MR) is 548 cm³/mol. The van der Waals surface area contributed by atoms with Gasteiger partial charge in [-0.2, -0.15) is 5.26 Å². The van der Waals surface area contributed by atoms with E-state index in [1.54, 1.807) is 104 Å². The summed E-state index contributed by atoms with van der Waals surface area (Å²) < 4.78 is 61.2. The largest absolute Gasteiger partial charge is 0.511 e. The van der Waals surface area contributed by atoms with Crippen LogP contribution in [0.5, 0.6) is 23.0 Å². The highest BCUT2D eigenvalue weighted by Gasteiger charge is 2.41. The van der Waals surface area contributed by atoms with Crippen LogP contribution in [0.25, 0.3) is 76.6 Å². The van der Waals surface area contributed by atoms with Crippen LogP contribution in [0.3, 0.4) is 0 Å². The Morgan fingerprint density at radius 3 is 1.27 bits per heavy atom. The van der Waals surface area contributed by atoms with Gasteiger partial charge in [0.25, 0.3) is 0 Å². The average molecular weight is 2010 g/mol. The summed E-state index contributed by atoms with van der Waals surface area (Å²) >= 11 is 6.06. The highest BCUT2D eigenvalue weighted by Crippen LogP contribution is 2.44. The van der Waals surface area contributed by atoms with E-state index >= 15 is 0 Å². The number of H-pyrrole nitrogens is 3. The Labute approximate surface area is 837 Å². The van der Waals surface area contributed by atoms with Gasteiger partial charge >= 0.3 is 53.3 Å². The van der Waals surface area contributed by atoms with Crippen LogP contribution in [0.4, 0.5) is 51.1 Å². The van der Waals surface area contributed by atoms with Gasteiger partial charge in [-0.25, -0.2) is 47.5 Å². The number of benzene rings is 7. The number of hydrogen-bond donors (Lipinski definition) is 9. The fraction of sp³-hybridized carbons (Fsp3) is 0.318. The molecule has 37 nitrogen and oxygen atoms in total. The smallest absolute Gasteiger partial charge is 0.497 e. The molecule has 1 unspecified atom stereocenters. The number of nitrogens with zero attached hydrogens (tertiary/aromatic N) is 10. The molecule has 0 saturated carbocycles. The van der Waals surface area contributed by atoms with Gasteiger partial charge in [0, 0.05) is 231 Å². The molecule has 14 aromatic rings. The number of ether oxygens (including phenoxy) is 5. The fourth-order valence-electron chi connectivity index (χ4n) is 20.1. The standard InChI is InChI=1S/C53H53FN6O11.C27H26N4O5.C26H26ClN3O5.CH2O3/c1-67-35-9-12-39-45(30-49(62)70-47(39)28-35)60-24-18-57(19-25-60)16-4-2-6-33-32-55-42-14-15-53(31-41(33)42,71-52(65)66)50-37(40-27-36(68-51(63)64)10-13-43(40)56-50)7-3-5-17-58-20-22-59(23-21-58)44-29-48(61)69-46-26-34(54)8-11-38(44)46;28-16-18-4-6-21-24(15-26(32)36-25(21)13-18)31-11-9-30(10-12-31)8-2-1-3-19-17-29-23-7-5-20(14-22(19)23)35-27(33)34;27-18-4-6-20-23(15-25(31)35-24(20)13-18)30-11-9-29(10-12-30)8-2-1-3-17-16-28-22-7-5-19(14-21(17)22)34-26(32)33;2-1(3)4/h8-15,26-32,56H,2-7,16-25H2,1H3,(H,63,64)(H,65,66);4-7,13-15,17,29H,1-3,8-12H2,(H,33,34);4-7,13-16,28H,1-3,8-12H2,(H,32,33);(H2,2,3,4). The molecule has 1 atom stereocenters. The number of anilines is 4. The van der Waals surface area contributed by atoms with Crippen LogP contribution < -0.4 is 61.0 Å². The first-order valence-corrected chi connectivity index (χ1v) is 48.6. The van der Waals surface area contributed by atoms with Crippen LogP contribution in [0.2, 0.25) is 5.02 Å². The zero-order chi connectivity index (χ0) is 102. The highest BCUT2D eigenvalue weighted by molar-refractivity contribution is 6.31. The number of carboxylic acid groups (broad SMARTS) is 6. The molecule has 12 heterocycles. The molecule has 39 heteroatoms. The zero-order valence-electron chi connectivity index (χ0n) is 79.8. The molecule has 4 fully saturated rings. The molecule has 0 amide bonds. The van der Waals surface area contributed by atoms with E-state index in [0.717, 1.165) is 270 Å². The Hall–Kier alpha value is -16.2.